The highest BCUT2D eigenvalue weighted by atomic mass is 28.3. The normalized spacial score (nSPS) is 15.9. The number of rotatable bonds is 11. The van der Waals surface area contributed by atoms with E-state index < -0.39 is 8.07 Å². The number of hydrogen-bond acceptors (Lipinski definition) is 7. The monoisotopic (exact) mass is 441 g/mol. The molecule has 31 heavy (non-hydrogen) atoms. The second-order valence-corrected chi connectivity index (χ2v) is 14.3. The average Bonchev–Trinajstić information content (AvgIpc) is 3.15. The average molecular weight is 442 g/mol. The predicted octanol–water partition coefficient (Wildman–Crippen LogP) is 4.06. The molecule has 2 heterocycles. The molecule has 0 saturated carbocycles. The van der Waals surface area contributed by atoms with Gasteiger partial charge in [-0.1, -0.05) is 25.7 Å². The van der Waals surface area contributed by atoms with Crippen LogP contribution in [0.1, 0.15) is 11.1 Å². The third-order valence-corrected chi connectivity index (χ3v) is 6.57. The van der Waals surface area contributed by atoms with Crippen LogP contribution in [0.4, 0.5) is 0 Å². The minimum absolute atomic E-state index is 0.00309. The Balaban J connectivity index is 1.57. The van der Waals surface area contributed by atoms with Crippen LogP contribution in [0.25, 0.3) is 5.70 Å². The van der Waals surface area contributed by atoms with Gasteiger partial charge in [-0.05, 0) is 29.8 Å². The van der Waals surface area contributed by atoms with Gasteiger partial charge in [-0.25, -0.2) is 4.98 Å². The van der Waals surface area contributed by atoms with E-state index in [1.54, 1.807) is 18.3 Å². The van der Waals surface area contributed by atoms with Crippen LogP contribution in [0.3, 0.4) is 0 Å². The predicted molar refractivity (Wildman–Crippen MR) is 125 cm³/mol. The highest BCUT2D eigenvalue weighted by molar-refractivity contribution is 6.76. The second-order valence-electron chi connectivity index (χ2n) is 8.67. The van der Waals surface area contributed by atoms with E-state index in [9.17, 15) is 5.11 Å². The maximum absolute atomic E-state index is 9.27. The first-order valence-corrected chi connectivity index (χ1v) is 14.2. The third kappa shape index (κ3) is 6.92. The zero-order chi connectivity index (χ0) is 22.3. The fourth-order valence-electron chi connectivity index (χ4n) is 3.09. The number of nitrogens with zero attached hydrogens (tertiary/aromatic N) is 1. The van der Waals surface area contributed by atoms with Crippen LogP contribution in [0.2, 0.25) is 25.7 Å². The molecule has 0 radical (unpaired) electrons. The number of nitrogens with one attached hydrogen (secondary N) is 2. The Bertz CT molecular complexity index is 910. The molecule has 1 aliphatic heterocycles. The zero-order valence-electron chi connectivity index (χ0n) is 18.4. The Hall–Kier alpha value is -2.68. The fourth-order valence-corrected chi connectivity index (χ4v) is 3.84. The van der Waals surface area contributed by atoms with Gasteiger partial charge in [-0.2, -0.15) is 0 Å². The lowest BCUT2D eigenvalue weighted by molar-refractivity contribution is 0.134. The van der Waals surface area contributed by atoms with Gasteiger partial charge >= 0.3 is 0 Å². The summed E-state index contributed by atoms with van der Waals surface area (Å²) in [6, 6.07) is 10.4. The van der Waals surface area contributed by atoms with Crippen LogP contribution in [0, 0.1) is 5.41 Å². The number of benzene rings is 1. The first kappa shape index (κ1) is 23.0. The molecule has 0 aliphatic carbocycles. The summed E-state index contributed by atoms with van der Waals surface area (Å²) in [5.41, 5.74) is 2.67. The summed E-state index contributed by atoms with van der Waals surface area (Å²) in [5.74, 6) is 1.82. The van der Waals surface area contributed by atoms with E-state index in [-0.39, 0.29) is 12.7 Å². The summed E-state index contributed by atoms with van der Waals surface area (Å²) in [6.45, 7) is 8.07. The molecule has 0 fully saturated rings. The molecule has 8 heteroatoms. The van der Waals surface area contributed by atoms with Crippen LogP contribution >= 0.6 is 0 Å². The first-order chi connectivity index (χ1) is 14.9. The quantitative estimate of drug-likeness (QED) is 0.211. The number of pyridine rings is 1. The van der Waals surface area contributed by atoms with Crippen molar-refractivity contribution < 1.29 is 19.3 Å². The number of ether oxygens (including phenoxy) is 3. The van der Waals surface area contributed by atoms with Crippen LogP contribution in [0.15, 0.2) is 42.6 Å². The number of aliphatic hydroxyl groups excluding tert-OH is 1. The summed E-state index contributed by atoms with van der Waals surface area (Å²) in [5, 5.41) is 19.9. The molecule has 1 aromatic carbocycles. The Morgan fingerprint density at radius 3 is 2.84 bits per heavy atom. The van der Waals surface area contributed by atoms with E-state index in [0.717, 1.165) is 35.2 Å². The summed E-state index contributed by atoms with van der Waals surface area (Å²) in [4.78, 5) is 4.38. The van der Waals surface area contributed by atoms with Crippen LogP contribution in [-0.4, -0.2) is 50.4 Å². The fraction of sp³-hybridized carbons (Fsp3) is 0.391. The number of aliphatic hydroxyl groups is 1. The van der Waals surface area contributed by atoms with Crippen molar-refractivity contribution in [3.63, 3.8) is 0 Å². The van der Waals surface area contributed by atoms with Gasteiger partial charge in [0.2, 0.25) is 5.88 Å². The second kappa shape index (κ2) is 10.6. The van der Waals surface area contributed by atoms with Crippen molar-refractivity contribution in [1.82, 2.24) is 10.3 Å². The standard InChI is InChI=1S/C23H31N3O4Si/c1-31(2,3)11-10-28-16-26-21(8-9-24)18-5-7-23(25-14-18)30-19-6-4-17-12-20(15-27)29-22(17)13-19/h4-9,13-14,20,24,26-27H,10-12,15-16H2,1-3H3/b21-8-,24-9?. The van der Waals surface area contributed by atoms with Crippen molar-refractivity contribution in [1.29, 1.82) is 5.41 Å². The van der Waals surface area contributed by atoms with Crippen LogP contribution < -0.4 is 14.8 Å². The van der Waals surface area contributed by atoms with Gasteiger partial charge in [0.15, 0.2) is 0 Å². The molecule has 1 unspecified atom stereocenters. The molecule has 1 aliphatic rings. The molecule has 3 rings (SSSR count). The number of aromatic nitrogens is 1. The largest absolute Gasteiger partial charge is 0.487 e. The minimum Gasteiger partial charge on any atom is -0.487 e. The van der Waals surface area contributed by atoms with Gasteiger partial charge in [0.25, 0.3) is 0 Å². The molecule has 1 atom stereocenters. The molecule has 0 bridgehead atoms. The lowest BCUT2D eigenvalue weighted by Gasteiger charge is -2.16. The molecule has 3 N–H and O–H groups in total. The van der Waals surface area contributed by atoms with E-state index in [0.29, 0.717) is 24.8 Å². The zero-order valence-corrected chi connectivity index (χ0v) is 19.4. The van der Waals surface area contributed by atoms with E-state index in [1.807, 2.05) is 24.3 Å². The third-order valence-electron chi connectivity index (χ3n) is 4.86. The van der Waals surface area contributed by atoms with Crippen LogP contribution in [-0.2, 0) is 11.2 Å². The van der Waals surface area contributed by atoms with E-state index in [2.05, 4.69) is 29.9 Å². The molecule has 2 aromatic rings. The van der Waals surface area contributed by atoms with Crippen molar-refractivity contribution in [2.45, 2.75) is 38.2 Å². The van der Waals surface area contributed by atoms with Gasteiger partial charge in [0, 0.05) is 56.9 Å². The smallest absolute Gasteiger partial charge is 0.219 e. The first-order valence-electron chi connectivity index (χ1n) is 10.4. The van der Waals surface area contributed by atoms with Crippen molar-refractivity contribution in [3.8, 4) is 17.4 Å². The minimum atomic E-state index is -1.11. The summed E-state index contributed by atoms with van der Waals surface area (Å²) >= 11 is 0. The molecule has 7 nitrogen and oxygen atoms in total. The molecular weight excluding hydrogens is 410 g/mol. The Morgan fingerprint density at radius 1 is 1.32 bits per heavy atom. The van der Waals surface area contributed by atoms with E-state index >= 15 is 0 Å². The van der Waals surface area contributed by atoms with Crippen molar-refractivity contribution in [2.24, 2.45) is 0 Å². The van der Waals surface area contributed by atoms with Crippen LogP contribution in [0.5, 0.6) is 17.4 Å². The molecule has 1 aromatic heterocycles. The van der Waals surface area contributed by atoms with Crippen molar-refractivity contribution in [2.75, 3.05) is 19.9 Å². The Kier molecular flexibility index (Phi) is 7.84. The van der Waals surface area contributed by atoms with Crippen molar-refractivity contribution >= 4 is 20.0 Å². The molecule has 0 saturated heterocycles. The molecule has 166 valence electrons. The molecular formula is C23H31N3O4Si. The van der Waals surface area contributed by atoms with Gasteiger partial charge in [-0.15, -0.1) is 0 Å². The lowest BCUT2D eigenvalue weighted by atomic mass is 10.1. The maximum Gasteiger partial charge on any atom is 0.219 e. The summed E-state index contributed by atoms with van der Waals surface area (Å²) in [6.07, 6.45) is 5.13. The van der Waals surface area contributed by atoms with E-state index in [4.69, 9.17) is 19.6 Å². The van der Waals surface area contributed by atoms with E-state index in [1.165, 1.54) is 6.21 Å². The van der Waals surface area contributed by atoms with Gasteiger partial charge in [-0.3, -0.25) is 0 Å². The molecule has 0 spiro atoms. The SMILES string of the molecule is C[Si](C)(C)CCOCN/C(=C\C=N)c1ccc(Oc2ccc3c(c2)OC(CO)C3)nc1. The summed E-state index contributed by atoms with van der Waals surface area (Å²) in [7, 11) is -1.11. The lowest BCUT2D eigenvalue weighted by Crippen LogP contribution is -2.24. The maximum atomic E-state index is 9.27. The topological polar surface area (TPSA) is 96.7 Å². The Morgan fingerprint density at radius 2 is 2.16 bits per heavy atom. The van der Waals surface area contributed by atoms with Gasteiger partial charge < -0.3 is 30.0 Å². The van der Waals surface area contributed by atoms with Gasteiger partial charge in [0.05, 0.1) is 6.61 Å². The molecule has 0 amide bonds. The number of allylic oxidation sites excluding steroid dienone is 1. The van der Waals surface area contributed by atoms with Gasteiger partial charge in [0.1, 0.15) is 24.3 Å². The highest BCUT2D eigenvalue weighted by Crippen LogP contribution is 2.33. The number of fused-ring (bicyclic) bond motifs is 1. The number of hydrogen-bond donors (Lipinski definition) is 3. The van der Waals surface area contributed by atoms with Crippen molar-refractivity contribution in [3.05, 3.63) is 53.7 Å². The Labute approximate surface area is 184 Å². The highest BCUT2D eigenvalue weighted by Gasteiger charge is 2.22. The summed E-state index contributed by atoms with van der Waals surface area (Å²) < 4.78 is 17.2.